The lowest BCUT2D eigenvalue weighted by atomic mass is 10.4. The summed E-state index contributed by atoms with van der Waals surface area (Å²) in [7, 11) is 0. The van der Waals surface area contributed by atoms with Gasteiger partial charge in [0, 0.05) is 12.1 Å². The maximum absolute atomic E-state index is 11.2. The van der Waals surface area contributed by atoms with Crippen LogP contribution in [0.25, 0.3) is 0 Å². The highest BCUT2D eigenvalue weighted by molar-refractivity contribution is 5.85. The second-order valence-corrected chi connectivity index (χ2v) is 4.05. The fourth-order valence-electron chi connectivity index (χ4n) is 1.04. The van der Waals surface area contributed by atoms with Gasteiger partial charge in [0.25, 0.3) is 0 Å². The van der Waals surface area contributed by atoms with Crippen molar-refractivity contribution >= 4 is 24.2 Å². The van der Waals surface area contributed by atoms with Crippen LogP contribution >= 0.6 is 12.4 Å². The van der Waals surface area contributed by atoms with Crippen molar-refractivity contribution in [2.75, 3.05) is 13.1 Å². The lowest BCUT2D eigenvalue weighted by molar-refractivity contribution is -0.121. The van der Waals surface area contributed by atoms with Gasteiger partial charge < -0.3 is 10.6 Å². The summed E-state index contributed by atoms with van der Waals surface area (Å²) in [6.07, 6.45) is 0. The molecule has 0 radical (unpaired) electrons. The number of amides is 2. The predicted octanol–water partition coefficient (Wildman–Crippen LogP) is 0.0470. The Morgan fingerprint density at radius 3 is 1.44 bits per heavy atom. The number of hydrogen-bond donors (Lipinski definition) is 3. The minimum absolute atomic E-state index is 0. The highest BCUT2D eigenvalue weighted by Gasteiger charge is 2.05. The Kier molecular flexibility index (Phi) is 10.3. The Balaban J connectivity index is 0. The highest BCUT2D eigenvalue weighted by atomic mass is 35.5. The van der Waals surface area contributed by atoms with Gasteiger partial charge in [0.2, 0.25) is 11.8 Å². The van der Waals surface area contributed by atoms with Crippen molar-refractivity contribution in [2.24, 2.45) is 0 Å². The second-order valence-electron chi connectivity index (χ2n) is 4.05. The first-order valence-corrected chi connectivity index (χ1v) is 5.21. The average molecular weight is 252 g/mol. The zero-order valence-corrected chi connectivity index (χ0v) is 11.1. The van der Waals surface area contributed by atoms with Gasteiger partial charge in [-0.15, -0.1) is 12.4 Å². The van der Waals surface area contributed by atoms with E-state index in [0.29, 0.717) is 0 Å². The largest absolute Gasteiger partial charge is 0.353 e. The normalized spacial score (nSPS) is 9.88. The first kappa shape index (κ1) is 17.6. The second kappa shape index (κ2) is 9.42. The Hall–Kier alpha value is -0.810. The molecule has 6 heteroatoms. The van der Waals surface area contributed by atoms with E-state index in [-0.39, 0.29) is 49.4 Å². The lowest BCUT2D eigenvalue weighted by Gasteiger charge is -2.10. The molecule has 0 atom stereocenters. The molecule has 0 bridgehead atoms. The lowest BCUT2D eigenvalue weighted by Crippen LogP contribution is -2.42. The molecular formula is C10H22ClN3O2. The molecule has 3 N–H and O–H groups in total. The number of halogens is 1. The van der Waals surface area contributed by atoms with Gasteiger partial charge in [-0.25, -0.2) is 0 Å². The third kappa shape index (κ3) is 11.3. The summed E-state index contributed by atoms with van der Waals surface area (Å²) in [4.78, 5) is 22.3. The van der Waals surface area contributed by atoms with Gasteiger partial charge in [0.1, 0.15) is 0 Å². The summed E-state index contributed by atoms with van der Waals surface area (Å²) in [6.45, 7) is 7.91. The molecule has 16 heavy (non-hydrogen) atoms. The minimum Gasteiger partial charge on any atom is -0.353 e. The number of hydrogen-bond acceptors (Lipinski definition) is 3. The van der Waals surface area contributed by atoms with Gasteiger partial charge in [-0.05, 0) is 27.7 Å². The Bertz CT molecular complexity index is 198. The van der Waals surface area contributed by atoms with E-state index in [4.69, 9.17) is 0 Å². The summed E-state index contributed by atoms with van der Waals surface area (Å²) in [6, 6.07) is 0.257. The average Bonchev–Trinajstić information content (AvgIpc) is 2.00. The number of nitrogens with one attached hydrogen (secondary N) is 3. The predicted molar refractivity (Wildman–Crippen MR) is 66.7 cm³/mol. The number of rotatable bonds is 6. The van der Waals surface area contributed by atoms with Gasteiger partial charge >= 0.3 is 0 Å². The van der Waals surface area contributed by atoms with E-state index in [2.05, 4.69) is 16.0 Å². The van der Waals surface area contributed by atoms with Crippen LogP contribution in [0.1, 0.15) is 27.7 Å². The molecule has 0 aromatic rings. The van der Waals surface area contributed by atoms with Crippen LogP contribution < -0.4 is 16.0 Å². The van der Waals surface area contributed by atoms with Crippen LogP contribution in [0.5, 0.6) is 0 Å². The van der Waals surface area contributed by atoms with Crippen LogP contribution in [0.15, 0.2) is 0 Å². The smallest absolute Gasteiger partial charge is 0.234 e. The van der Waals surface area contributed by atoms with Crippen LogP contribution in [0.3, 0.4) is 0 Å². The van der Waals surface area contributed by atoms with E-state index in [9.17, 15) is 9.59 Å². The van der Waals surface area contributed by atoms with E-state index in [1.165, 1.54) is 0 Å². The molecule has 0 aromatic heterocycles. The molecular weight excluding hydrogens is 230 g/mol. The van der Waals surface area contributed by atoms with Crippen molar-refractivity contribution in [1.29, 1.82) is 0 Å². The van der Waals surface area contributed by atoms with Gasteiger partial charge in [-0.1, -0.05) is 0 Å². The minimum atomic E-state index is -0.0950. The van der Waals surface area contributed by atoms with Crippen molar-refractivity contribution in [3.05, 3.63) is 0 Å². The highest BCUT2D eigenvalue weighted by Crippen LogP contribution is 1.77. The molecule has 0 spiro atoms. The van der Waals surface area contributed by atoms with Crippen molar-refractivity contribution in [1.82, 2.24) is 16.0 Å². The maximum Gasteiger partial charge on any atom is 0.234 e. The van der Waals surface area contributed by atoms with Gasteiger partial charge in [0.05, 0.1) is 13.1 Å². The molecule has 0 fully saturated rings. The molecule has 0 aliphatic rings. The number of carbonyl (C=O) groups excluding carboxylic acids is 2. The van der Waals surface area contributed by atoms with E-state index in [0.717, 1.165) is 0 Å². The molecule has 5 nitrogen and oxygen atoms in total. The van der Waals surface area contributed by atoms with Gasteiger partial charge in [-0.2, -0.15) is 0 Å². The molecule has 0 heterocycles. The summed E-state index contributed by atoms with van der Waals surface area (Å²) in [5.74, 6) is -0.190. The van der Waals surface area contributed by atoms with Crippen molar-refractivity contribution < 1.29 is 9.59 Å². The van der Waals surface area contributed by atoms with E-state index in [1.54, 1.807) is 0 Å². The van der Waals surface area contributed by atoms with Crippen LogP contribution in [0.2, 0.25) is 0 Å². The third-order valence-corrected chi connectivity index (χ3v) is 1.47. The van der Waals surface area contributed by atoms with Crippen LogP contribution in [0.4, 0.5) is 0 Å². The van der Waals surface area contributed by atoms with E-state index >= 15 is 0 Å². The van der Waals surface area contributed by atoms with Crippen LogP contribution in [-0.4, -0.2) is 37.0 Å². The topological polar surface area (TPSA) is 70.2 Å². The number of carbonyl (C=O) groups is 2. The summed E-state index contributed by atoms with van der Waals surface area (Å²) >= 11 is 0. The van der Waals surface area contributed by atoms with Crippen molar-refractivity contribution in [3.8, 4) is 0 Å². The molecule has 0 saturated heterocycles. The molecule has 2 amide bonds. The standard InChI is InChI=1S/C10H21N3O2.ClH/c1-7(2)12-9(14)5-11-6-10(15)13-8(3)4;/h7-8,11H,5-6H2,1-4H3,(H,12,14)(H,13,15);1H. The van der Waals surface area contributed by atoms with Gasteiger partial charge in [0.15, 0.2) is 0 Å². The monoisotopic (exact) mass is 251 g/mol. The molecule has 96 valence electrons. The molecule has 0 aromatic carbocycles. The third-order valence-electron chi connectivity index (χ3n) is 1.47. The Morgan fingerprint density at radius 2 is 1.19 bits per heavy atom. The molecule has 0 saturated carbocycles. The van der Waals surface area contributed by atoms with Crippen LogP contribution in [-0.2, 0) is 9.59 Å². The summed E-state index contributed by atoms with van der Waals surface area (Å²) < 4.78 is 0. The summed E-state index contributed by atoms with van der Waals surface area (Å²) in [5, 5.41) is 8.22. The van der Waals surface area contributed by atoms with Crippen molar-refractivity contribution in [2.45, 2.75) is 39.8 Å². The zero-order chi connectivity index (χ0) is 11.8. The van der Waals surface area contributed by atoms with Crippen LogP contribution in [0, 0.1) is 0 Å². The first-order valence-electron chi connectivity index (χ1n) is 5.21. The van der Waals surface area contributed by atoms with Crippen molar-refractivity contribution in [3.63, 3.8) is 0 Å². The summed E-state index contributed by atoms with van der Waals surface area (Å²) in [5.41, 5.74) is 0. The quantitative estimate of drug-likeness (QED) is 0.625. The Labute approximate surface area is 103 Å². The fourth-order valence-corrected chi connectivity index (χ4v) is 1.04. The van der Waals surface area contributed by atoms with Gasteiger partial charge in [-0.3, -0.25) is 14.9 Å². The zero-order valence-electron chi connectivity index (χ0n) is 10.3. The molecule has 0 rings (SSSR count). The fraction of sp³-hybridized carbons (Fsp3) is 0.800. The van der Waals surface area contributed by atoms with E-state index < -0.39 is 0 Å². The SMILES string of the molecule is CC(C)NC(=O)CNCC(=O)NC(C)C.Cl. The molecule has 0 aliphatic carbocycles. The van der Waals surface area contributed by atoms with E-state index in [1.807, 2.05) is 27.7 Å². The first-order chi connectivity index (χ1) is 6.91. The Morgan fingerprint density at radius 1 is 0.875 bits per heavy atom. The molecule has 0 aliphatic heterocycles. The molecule has 0 unspecified atom stereocenters. The maximum atomic E-state index is 11.2.